The number of amides is 1. The van der Waals surface area contributed by atoms with Crippen molar-refractivity contribution in [3.05, 3.63) is 0 Å². The summed E-state index contributed by atoms with van der Waals surface area (Å²) < 4.78 is 10.5. The molecule has 0 spiro atoms. The van der Waals surface area contributed by atoms with Crippen molar-refractivity contribution in [1.29, 1.82) is 0 Å². The van der Waals surface area contributed by atoms with Gasteiger partial charge in [-0.3, -0.25) is 0 Å². The Balaban J connectivity index is 2.29. The molecule has 1 aliphatic rings. The predicted molar refractivity (Wildman–Crippen MR) is 79.9 cm³/mol. The van der Waals surface area contributed by atoms with Crippen LogP contribution in [0.25, 0.3) is 0 Å². The first kappa shape index (κ1) is 17.2. The van der Waals surface area contributed by atoms with Gasteiger partial charge in [-0.15, -0.1) is 0 Å². The maximum Gasteiger partial charge on any atom is 0.407 e. The molecule has 1 aliphatic heterocycles. The van der Waals surface area contributed by atoms with E-state index >= 15 is 0 Å². The molecule has 1 unspecified atom stereocenters. The Morgan fingerprint density at radius 2 is 2.05 bits per heavy atom. The lowest BCUT2D eigenvalue weighted by atomic mass is 9.88. The van der Waals surface area contributed by atoms with E-state index in [9.17, 15) is 4.79 Å². The Bertz CT molecular complexity index is 309. The molecule has 118 valence electrons. The van der Waals surface area contributed by atoms with Gasteiger partial charge in [0.05, 0.1) is 13.2 Å². The Hall–Kier alpha value is -0.810. The molecule has 1 rings (SSSR count). The molecule has 1 amide bonds. The van der Waals surface area contributed by atoms with Gasteiger partial charge in [0, 0.05) is 24.5 Å². The molecule has 5 nitrogen and oxygen atoms in total. The van der Waals surface area contributed by atoms with E-state index in [4.69, 9.17) is 9.47 Å². The van der Waals surface area contributed by atoms with Crippen molar-refractivity contribution in [2.24, 2.45) is 5.41 Å². The first-order chi connectivity index (χ1) is 9.24. The minimum absolute atomic E-state index is 0.248. The van der Waals surface area contributed by atoms with Crippen LogP contribution < -0.4 is 10.6 Å². The standard InChI is InChI=1S/C15H30N2O3/c1-6-7-12(17-9-15(5)10-19-11-15)8-16-13(18)20-14(2,3)4/h12,17H,6-11H2,1-5H3,(H,16,18). The number of carbonyl (C=O) groups excluding carboxylic acids is 1. The smallest absolute Gasteiger partial charge is 0.407 e. The highest BCUT2D eigenvalue weighted by atomic mass is 16.6. The van der Waals surface area contributed by atoms with Gasteiger partial charge < -0.3 is 20.1 Å². The van der Waals surface area contributed by atoms with Crippen molar-refractivity contribution >= 4 is 6.09 Å². The van der Waals surface area contributed by atoms with Gasteiger partial charge in [0.15, 0.2) is 0 Å². The molecule has 1 fully saturated rings. The second-order valence-electron chi connectivity index (χ2n) is 7.05. The molecule has 0 aromatic heterocycles. The maximum absolute atomic E-state index is 11.7. The number of alkyl carbamates (subject to hydrolysis) is 1. The molecule has 1 atom stereocenters. The van der Waals surface area contributed by atoms with E-state index in [1.807, 2.05) is 20.8 Å². The lowest BCUT2D eigenvalue weighted by Crippen LogP contribution is -2.51. The molecule has 0 aromatic rings. The molecular formula is C15H30N2O3. The lowest BCUT2D eigenvalue weighted by Gasteiger charge is -2.39. The average molecular weight is 286 g/mol. The summed E-state index contributed by atoms with van der Waals surface area (Å²) in [7, 11) is 0. The zero-order chi connectivity index (χ0) is 15.2. The van der Waals surface area contributed by atoms with Crippen LogP contribution in [0.2, 0.25) is 0 Å². The summed E-state index contributed by atoms with van der Waals surface area (Å²) in [5.74, 6) is 0. The van der Waals surface area contributed by atoms with Gasteiger partial charge >= 0.3 is 6.09 Å². The Kier molecular flexibility index (Phi) is 6.27. The molecule has 0 radical (unpaired) electrons. The van der Waals surface area contributed by atoms with Crippen LogP contribution in [0.15, 0.2) is 0 Å². The fourth-order valence-electron chi connectivity index (χ4n) is 2.09. The van der Waals surface area contributed by atoms with Crippen LogP contribution in [0.3, 0.4) is 0 Å². The Morgan fingerprint density at radius 1 is 1.40 bits per heavy atom. The SMILES string of the molecule is CCCC(CNC(=O)OC(C)(C)C)NCC1(C)COC1. The number of ether oxygens (including phenoxy) is 2. The fourth-order valence-corrected chi connectivity index (χ4v) is 2.09. The summed E-state index contributed by atoms with van der Waals surface area (Å²) in [5, 5.41) is 6.37. The minimum atomic E-state index is -0.450. The number of rotatable bonds is 7. The second-order valence-corrected chi connectivity index (χ2v) is 7.05. The van der Waals surface area contributed by atoms with E-state index in [-0.39, 0.29) is 17.6 Å². The third kappa shape index (κ3) is 6.57. The largest absolute Gasteiger partial charge is 0.444 e. The zero-order valence-corrected chi connectivity index (χ0v) is 13.5. The quantitative estimate of drug-likeness (QED) is 0.754. The summed E-state index contributed by atoms with van der Waals surface area (Å²) in [5.41, 5.74) is -0.202. The average Bonchev–Trinajstić information content (AvgIpc) is 2.28. The molecule has 1 saturated heterocycles. The molecule has 2 N–H and O–H groups in total. The predicted octanol–water partition coefficient (Wildman–Crippen LogP) is 2.31. The molecule has 0 aliphatic carbocycles. The van der Waals surface area contributed by atoms with E-state index < -0.39 is 5.60 Å². The van der Waals surface area contributed by atoms with Gasteiger partial charge in [-0.1, -0.05) is 20.3 Å². The van der Waals surface area contributed by atoms with Crippen LogP contribution in [0, 0.1) is 5.41 Å². The molecule has 1 heterocycles. The molecule has 0 aromatic carbocycles. The number of carbonyl (C=O) groups is 1. The number of hydrogen-bond donors (Lipinski definition) is 2. The fraction of sp³-hybridized carbons (Fsp3) is 0.933. The van der Waals surface area contributed by atoms with E-state index in [0.29, 0.717) is 6.54 Å². The zero-order valence-electron chi connectivity index (χ0n) is 13.5. The minimum Gasteiger partial charge on any atom is -0.444 e. The van der Waals surface area contributed by atoms with Gasteiger partial charge in [0.25, 0.3) is 0 Å². The third-order valence-electron chi connectivity index (χ3n) is 3.25. The Morgan fingerprint density at radius 3 is 2.50 bits per heavy atom. The summed E-state index contributed by atoms with van der Waals surface area (Å²) in [6, 6.07) is 0.282. The van der Waals surface area contributed by atoms with Gasteiger partial charge in [-0.05, 0) is 27.2 Å². The van der Waals surface area contributed by atoms with Gasteiger partial charge in [0.1, 0.15) is 5.60 Å². The van der Waals surface area contributed by atoms with Crippen LogP contribution in [0.5, 0.6) is 0 Å². The number of nitrogens with one attached hydrogen (secondary N) is 2. The van der Waals surface area contributed by atoms with E-state index in [2.05, 4.69) is 24.5 Å². The van der Waals surface area contributed by atoms with Crippen molar-refractivity contribution in [2.45, 2.75) is 59.1 Å². The summed E-state index contributed by atoms with van der Waals surface area (Å²) in [6.07, 6.45) is 1.77. The monoisotopic (exact) mass is 286 g/mol. The Labute approximate surface area is 122 Å². The van der Waals surface area contributed by atoms with Gasteiger partial charge in [-0.2, -0.15) is 0 Å². The molecule has 0 saturated carbocycles. The normalized spacial score (nSPS) is 19.1. The van der Waals surface area contributed by atoms with E-state index in [1.165, 1.54) is 0 Å². The van der Waals surface area contributed by atoms with Crippen molar-refractivity contribution < 1.29 is 14.3 Å². The van der Waals surface area contributed by atoms with Gasteiger partial charge in [-0.25, -0.2) is 4.79 Å². The van der Waals surface area contributed by atoms with Crippen molar-refractivity contribution in [3.63, 3.8) is 0 Å². The highest BCUT2D eigenvalue weighted by molar-refractivity contribution is 5.67. The van der Waals surface area contributed by atoms with Crippen molar-refractivity contribution in [3.8, 4) is 0 Å². The highest BCUT2D eigenvalue weighted by Crippen LogP contribution is 2.25. The molecule has 5 heteroatoms. The summed E-state index contributed by atoms with van der Waals surface area (Å²) >= 11 is 0. The lowest BCUT2D eigenvalue weighted by molar-refractivity contribution is -0.100. The van der Waals surface area contributed by atoms with Crippen LogP contribution in [-0.4, -0.2) is 44.0 Å². The summed E-state index contributed by atoms with van der Waals surface area (Å²) in [4.78, 5) is 11.7. The van der Waals surface area contributed by atoms with Crippen LogP contribution in [0.4, 0.5) is 4.79 Å². The van der Waals surface area contributed by atoms with Crippen molar-refractivity contribution in [1.82, 2.24) is 10.6 Å². The third-order valence-corrected chi connectivity index (χ3v) is 3.25. The van der Waals surface area contributed by atoms with Crippen LogP contribution in [-0.2, 0) is 9.47 Å². The topological polar surface area (TPSA) is 59.6 Å². The van der Waals surface area contributed by atoms with E-state index in [1.54, 1.807) is 0 Å². The van der Waals surface area contributed by atoms with Gasteiger partial charge in [0.2, 0.25) is 0 Å². The highest BCUT2D eigenvalue weighted by Gasteiger charge is 2.33. The first-order valence-electron chi connectivity index (χ1n) is 7.52. The first-order valence-corrected chi connectivity index (χ1v) is 7.52. The maximum atomic E-state index is 11.7. The van der Waals surface area contributed by atoms with Crippen molar-refractivity contribution in [2.75, 3.05) is 26.3 Å². The summed E-state index contributed by atoms with van der Waals surface area (Å²) in [6.45, 7) is 13.1. The second kappa shape index (κ2) is 7.27. The van der Waals surface area contributed by atoms with Crippen LogP contribution in [0.1, 0.15) is 47.5 Å². The molecular weight excluding hydrogens is 256 g/mol. The van der Waals surface area contributed by atoms with E-state index in [0.717, 1.165) is 32.6 Å². The number of hydrogen-bond acceptors (Lipinski definition) is 4. The molecule has 0 bridgehead atoms. The van der Waals surface area contributed by atoms with Crippen LogP contribution >= 0.6 is 0 Å². The molecule has 20 heavy (non-hydrogen) atoms.